The number of carbonyl (C=O) groups excluding carboxylic acids is 1. The first-order valence-corrected chi connectivity index (χ1v) is 10.3. The highest BCUT2D eigenvalue weighted by atomic mass is 16.5. The highest BCUT2D eigenvalue weighted by Crippen LogP contribution is 2.20. The molecule has 1 aromatic carbocycles. The van der Waals surface area contributed by atoms with Gasteiger partial charge in [-0.25, -0.2) is 4.98 Å². The van der Waals surface area contributed by atoms with Gasteiger partial charge in [0.25, 0.3) is 0 Å². The van der Waals surface area contributed by atoms with Crippen molar-refractivity contribution in [1.29, 1.82) is 0 Å². The van der Waals surface area contributed by atoms with E-state index in [-0.39, 0.29) is 18.5 Å². The summed E-state index contributed by atoms with van der Waals surface area (Å²) in [5, 5.41) is 0. The summed E-state index contributed by atoms with van der Waals surface area (Å²) in [6, 6.07) is 8.60. The molecule has 1 N–H and O–H groups in total. The van der Waals surface area contributed by atoms with Gasteiger partial charge >= 0.3 is 5.97 Å². The zero-order valence-corrected chi connectivity index (χ0v) is 17.3. The fraction of sp³-hybridized carbons (Fsp3) is 0.565. The van der Waals surface area contributed by atoms with Gasteiger partial charge in [0.1, 0.15) is 5.82 Å². The van der Waals surface area contributed by atoms with Gasteiger partial charge in [-0.15, -0.1) is 0 Å². The van der Waals surface area contributed by atoms with Crippen molar-refractivity contribution in [2.75, 3.05) is 0 Å². The number of unbranched alkanes of at least 4 members (excludes halogenated alkanes) is 5. The van der Waals surface area contributed by atoms with E-state index in [1.165, 1.54) is 44.1 Å². The number of H-pyrrole nitrogens is 1. The van der Waals surface area contributed by atoms with E-state index < -0.39 is 0 Å². The number of nitrogens with one attached hydrogen (secondary N) is 1. The molecule has 0 amide bonds. The SMILES string of the molecule is CCCCCCCCc1ccc(-c2nc(CC(=O)OC(C)C)c(C)[nH]2)cc1. The summed E-state index contributed by atoms with van der Waals surface area (Å²) in [5.41, 5.74) is 4.10. The van der Waals surface area contributed by atoms with Crippen molar-refractivity contribution in [2.45, 2.75) is 85.2 Å². The van der Waals surface area contributed by atoms with E-state index >= 15 is 0 Å². The number of hydrogen-bond donors (Lipinski definition) is 1. The standard InChI is InChI=1S/C23H34N2O2/c1-5-6-7-8-9-10-11-19-12-14-20(15-13-19)23-24-18(4)21(25-23)16-22(26)27-17(2)3/h12-15,17H,5-11,16H2,1-4H3,(H,24,25). The number of rotatable bonds is 11. The summed E-state index contributed by atoms with van der Waals surface area (Å²) in [4.78, 5) is 19.8. The average molecular weight is 371 g/mol. The minimum atomic E-state index is -0.236. The van der Waals surface area contributed by atoms with Crippen molar-refractivity contribution in [3.63, 3.8) is 0 Å². The Bertz CT molecular complexity index is 702. The molecule has 2 rings (SSSR count). The molecule has 0 fully saturated rings. The molecule has 0 saturated heterocycles. The molecule has 1 heterocycles. The van der Waals surface area contributed by atoms with Crippen LogP contribution in [-0.2, 0) is 22.4 Å². The summed E-state index contributed by atoms with van der Waals surface area (Å²) >= 11 is 0. The molecule has 0 aliphatic carbocycles. The van der Waals surface area contributed by atoms with Gasteiger partial charge in [0.15, 0.2) is 0 Å². The molecular formula is C23H34N2O2. The molecule has 4 nitrogen and oxygen atoms in total. The molecule has 0 bridgehead atoms. The van der Waals surface area contributed by atoms with E-state index in [0.717, 1.165) is 29.2 Å². The summed E-state index contributed by atoms with van der Waals surface area (Å²) in [5.74, 6) is 0.575. The van der Waals surface area contributed by atoms with Crippen molar-refractivity contribution < 1.29 is 9.53 Å². The summed E-state index contributed by atoms with van der Waals surface area (Å²) in [6.07, 6.45) is 9.17. The van der Waals surface area contributed by atoms with Gasteiger partial charge in [-0.1, -0.05) is 63.3 Å². The lowest BCUT2D eigenvalue weighted by molar-refractivity contribution is -0.146. The van der Waals surface area contributed by atoms with Gasteiger partial charge in [0.05, 0.1) is 18.2 Å². The second-order valence-corrected chi connectivity index (χ2v) is 7.59. The van der Waals surface area contributed by atoms with Crippen LogP contribution in [0.4, 0.5) is 0 Å². The highest BCUT2D eigenvalue weighted by molar-refractivity contribution is 5.73. The first-order valence-electron chi connectivity index (χ1n) is 10.3. The van der Waals surface area contributed by atoms with Crippen LogP contribution in [0.2, 0.25) is 0 Å². The second kappa shape index (κ2) is 10.9. The third-order valence-electron chi connectivity index (χ3n) is 4.71. The molecule has 0 atom stereocenters. The smallest absolute Gasteiger partial charge is 0.312 e. The van der Waals surface area contributed by atoms with Crippen LogP contribution in [0.5, 0.6) is 0 Å². The van der Waals surface area contributed by atoms with E-state index in [9.17, 15) is 4.79 Å². The third kappa shape index (κ3) is 7.20. The first-order chi connectivity index (χ1) is 13.0. The third-order valence-corrected chi connectivity index (χ3v) is 4.71. The molecule has 1 aromatic heterocycles. The lowest BCUT2D eigenvalue weighted by Gasteiger charge is -2.06. The predicted octanol–water partition coefficient (Wildman–Crippen LogP) is 5.78. The number of imidazole rings is 1. The Morgan fingerprint density at radius 3 is 2.41 bits per heavy atom. The van der Waals surface area contributed by atoms with Gasteiger partial charge < -0.3 is 9.72 Å². The lowest BCUT2D eigenvalue weighted by atomic mass is 10.0. The Labute approximate surface area is 163 Å². The lowest BCUT2D eigenvalue weighted by Crippen LogP contribution is -2.14. The molecule has 0 spiro atoms. The van der Waals surface area contributed by atoms with E-state index in [1.807, 2.05) is 20.8 Å². The second-order valence-electron chi connectivity index (χ2n) is 7.59. The van der Waals surface area contributed by atoms with Crippen molar-refractivity contribution in [3.05, 3.63) is 41.2 Å². The maximum atomic E-state index is 11.9. The Morgan fingerprint density at radius 2 is 1.74 bits per heavy atom. The van der Waals surface area contributed by atoms with Crippen LogP contribution in [0, 0.1) is 6.92 Å². The van der Waals surface area contributed by atoms with Gasteiger partial charge in [-0.05, 0) is 39.2 Å². The Morgan fingerprint density at radius 1 is 1.07 bits per heavy atom. The number of aromatic amines is 1. The number of benzene rings is 1. The molecule has 0 radical (unpaired) electrons. The largest absolute Gasteiger partial charge is 0.463 e. The number of nitrogens with zero attached hydrogens (tertiary/aromatic N) is 1. The number of aromatic nitrogens is 2. The van der Waals surface area contributed by atoms with Crippen molar-refractivity contribution in [3.8, 4) is 11.4 Å². The van der Waals surface area contributed by atoms with Crippen LogP contribution in [0.25, 0.3) is 11.4 Å². The van der Waals surface area contributed by atoms with E-state index in [0.29, 0.717) is 0 Å². The predicted molar refractivity (Wildman–Crippen MR) is 111 cm³/mol. The van der Waals surface area contributed by atoms with E-state index in [4.69, 9.17) is 4.74 Å². The van der Waals surface area contributed by atoms with Gasteiger partial charge in [-0.2, -0.15) is 0 Å². The van der Waals surface area contributed by atoms with Crippen molar-refractivity contribution in [2.24, 2.45) is 0 Å². The quantitative estimate of drug-likeness (QED) is 0.403. The van der Waals surface area contributed by atoms with Gasteiger partial charge in [-0.3, -0.25) is 4.79 Å². The molecule has 4 heteroatoms. The van der Waals surface area contributed by atoms with Crippen LogP contribution >= 0.6 is 0 Å². The first kappa shape index (κ1) is 21.2. The Balaban J connectivity index is 1.89. The maximum absolute atomic E-state index is 11.9. The van der Waals surface area contributed by atoms with Crippen LogP contribution in [0.3, 0.4) is 0 Å². The molecule has 2 aromatic rings. The molecule has 27 heavy (non-hydrogen) atoms. The van der Waals surface area contributed by atoms with Crippen molar-refractivity contribution in [1.82, 2.24) is 9.97 Å². The minimum Gasteiger partial charge on any atom is -0.463 e. The molecule has 0 unspecified atom stereocenters. The minimum absolute atomic E-state index is 0.101. The van der Waals surface area contributed by atoms with E-state index in [1.54, 1.807) is 0 Å². The topological polar surface area (TPSA) is 55.0 Å². The molecule has 0 aliphatic heterocycles. The zero-order valence-electron chi connectivity index (χ0n) is 17.3. The normalized spacial score (nSPS) is 11.1. The fourth-order valence-electron chi connectivity index (χ4n) is 3.19. The summed E-state index contributed by atoms with van der Waals surface area (Å²) < 4.78 is 5.22. The van der Waals surface area contributed by atoms with Crippen LogP contribution < -0.4 is 0 Å². The molecular weight excluding hydrogens is 336 g/mol. The van der Waals surface area contributed by atoms with Crippen LogP contribution in [0.15, 0.2) is 24.3 Å². The summed E-state index contributed by atoms with van der Waals surface area (Å²) in [6.45, 7) is 7.91. The molecule has 148 valence electrons. The molecule has 0 aliphatic rings. The van der Waals surface area contributed by atoms with Crippen LogP contribution in [0.1, 0.15) is 76.2 Å². The number of hydrogen-bond acceptors (Lipinski definition) is 3. The van der Waals surface area contributed by atoms with Crippen LogP contribution in [-0.4, -0.2) is 22.0 Å². The van der Waals surface area contributed by atoms with E-state index in [2.05, 4.69) is 41.2 Å². The van der Waals surface area contributed by atoms with Gasteiger partial charge in [0, 0.05) is 11.3 Å². The number of carbonyl (C=O) groups is 1. The maximum Gasteiger partial charge on any atom is 0.312 e. The molecule has 0 saturated carbocycles. The zero-order chi connectivity index (χ0) is 19.6. The highest BCUT2D eigenvalue weighted by Gasteiger charge is 2.14. The average Bonchev–Trinajstić information content (AvgIpc) is 2.98. The number of esters is 1. The Kier molecular flexibility index (Phi) is 8.56. The number of aryl methyl sites for hydroxylation is 2. The fourth-order valence-corrected chi connectivity index (χ4v) is 3.19. The monoisotopic (exact) mass is 370 g/mol. The van der Waals surface area contributed by atoms with Gasteiger partial charge in [0.2, 0.25) is 0 Å². The Hall–Kier alpha value is -2.10. The van der Waals surface area contributed by atoms with Crippen molar-refractivity contribution >= 4 is 5.97 Å². The summed E-state index contributed by atoms with van der Waals surface area (Å²) in [7, 11) is 0. The number of ether oxygens (including phenoxy) is 1.